The molecule has 1 amide bonds. The Morgan fingerprint density at radius 2 is 2.10 bits per heavy atom. The Morgan fingerprint density at radius 3 is 2.76 bits per heavy atom. The fourth-order valence-corrected chi connectivity index (χ4v) is 3.54. The van der Waals surface area contributed by atoms with Gasteiger partial charge < -0.3 is 10.4 Å². The molecule has 1 atom stereocenters. The van der Waals surface area contributed by atoms with Crippen LogP contribution in [-0.4, -0.2) is 23.3 Å². The molecule has 0 aliphatic carbocycles. The number of hydrogen-bond donors (Lipinski definition) is 2. The number of carbonyl (C=O) groups is 1. The first-order chi connectivity index (χ1) is 10.0. The second-order valence-corrected chi connectivity index (χ2v) is 7.12. The van der Waals surface area contributed by atoms with Crippen LogP contribution >= 0.6 is 23.1 Å². The molecule has 2 N–H and O–H groups in total. The molecule has 0 spiro atoms. The summed E-state index contributed by atoms with van der Waals surface area (Å²) in [5.74, 6) is 0.764. The molecule has 3 nitrogen and oxygen atoms in total. The summed E-state index contributed by atoms with van der Waals surface area (Å²) in [5.41, 5.74) is -0.386. The van der Waals surface area contributed by atoms with Crippen molar-refractivity contribution in [1.82, 2.24) is 5.32 Å². The van der Waals surface area contributed by atoms with Crippen LogP contribution in [0.3, 0.4) is 0 Å². The zero-order chi connectivity index (χ0) is 15.3. The van der Waals surface area contributed by atoms with Gasteiger partial charge in [-0.3, -0.25) is 4.79 Å². The van der Waals surface area contributed by atoms with E-state index in [1.807, 2.05) is 41.8 Å². The summed E-state index contributed by atoms with van der Waals surface area (Å²) >= 11 is 3.12. The maximum absolute atomic E-state index is 12.3. The van der Waals surface area contributed by atoms with Gasteiger partial charge in [0.15, 0.2) is 0 Å². The summed E-state index contributed by atoms with van der Waals surface area (Å²) in [4.78, 5) is 14.1. The molecule has 0 saturated heterocycles. The summed E-state index contributed by atoms with van der Waals surface area (Å²) in [7, 11) is 0. The normalized spacial score (nSPS) is 13.7. The highest BCUT2D eigenvalue weighted by Gasteiger charge is 2.25. The number of rotatable bonds is 6. The quantitative estimate of drug-likeness (QED) is 0.801. The van der Waals surface area contributed by atoms with Gasteiger partial charge in [0.05, 0.1) is 12.1 Å². The fourth-order valence-electron chi connectivity index (χ4n) is 1.96. The Balaban J connectivity index is 2.05. The van der Waals surface area contributed by atoms with Gasteiger partial charge in [0, 0.05) is 9.77 Å². The molecule has 0 fully saturated rings. The molecule has 0 aliphatic heterocycles. The minimum absolute atomic E-state index is 0.150. The minimum Gasteiger partial charge on any atom is -0.383 e. The van der Waals surface area contributed by atoms with Crippen molar-refractivity contribution in [2.75, 3.05) is 12.3 Å². The molecule has 5 heteroatoms. The summed E-state index contributed by atoms with van der Waals surface area (Å²) < 4.78 is 0. The van der Waals surface area contributed by atoms with Crippen LogP contribution in [0.5, 0.6) is 0 Å². The van der Waals surface area contributed by atoms with E-state index < -0.39 is 5.60 Å². The molecule has 2 aromatic rings. The van der Waals surface area contributed by atoms with Crippen molar-refractivity contribution in [3.63, 3.8) is 0 Å². The van der Waals surface area contributed by atoms with E-state index in [2.05, 4.69) is 12.2 Å². The van der Waals surface area contributed by atoms with Gasteiger partial charge in [-0.1, -0.05) is 25.1 Å². The van der Waals surface area contributed by atoms with Gasteiger partial charge in [-0.15, -0.1) is 23.1 Å². The third-order valence-electron chi connectivity index (χ3n) is 3.08. The highest BCUT2D eigenvalue weighted by Crippen LogP contribution is 2.25. The average Bonchev–Trinajstić information content (AvgIpc) is 3.01. The van der Waals surface area contributed by atoms with Crippen molar-refractivity contribution in [3.8, 4) is 0 Å². The van der Waals surface area contributed by atoms with Gasteiger partial charge in [0.1, 0.15) is 5.60 Å². The topological polar surface area (TPSA) is 49.3 Å². The van der Waals surface area contributed by atoms with E-state index in [4.69, 9.17) is 0 Å². The highest BCUT2D eigenvalue weighted by atomic mass is 32.2. The van der Waals surface area contributed by atoms with Crippen molar-refractivity contribution < 1.29 is 9.90 Å². The van der Waals surface area contributed by atoms with E-state index >= 15 is 0 Å². The van der Waals surface area contributed by atoms with Crippen LogP contribution in [0, 0.1) is 0 Å². The largest absolute Gasteiger partial charge is 0.383 e. The predicted octanol–water partition coefficient (Wildman–Crippen LogP) is 3.50. The van der Waals surface area contributed by atoms with E-state index in [9.17, 15) is 9.90 Å². The van der Waals surface area contributed by atoms with Gasteiger partial charge in [0.25, 0.3) is 5.91 Å². The minimum atomic E-state index is -1.04. The molecule has 21 heavy (non-hydrogen) atoms. The number of thiophene rings is 1. The van der Waals surface area contributed by atoms with Crippen molar-refractivity contribution in [2.24, 2.45) is 0 Å². The number of carbonyl (C=O) groups excluding carboxylic acids is 1. The second kappa shape index (κ2) is 7.11. The Morgan fingerprint density at radius 1 is 1.33 bits per heavy atom. The van der Waals surface area contributed by atoms with Crippen LogP contribution in [0.4, 0.5) is 0 Å². The second-order valence-electron chi connectivity index (χ2n) is 4.86. The molecule has 0 saturated carbocycles. The van der Waals surface area contributed by atoms with Gasteiger partial charge in [-0.25, -0.2) is 0 Å². The number of aliphatic hydroxyl groups is 1. The van der Waals surface area contributed by atoms with E-state index in [1.165, 1.54) is 11.3 Å². The lowest BCUT2D eigenvalue weighted by molar-refractivity contribution is 0.0556. The van der Waals surface area contributed by atoms with Crippen molar-refractivity contribution in [1.29, 1.82) is 0 Å². The number of nitrogens with one attached hydrogen (secondary N) is 1. The lowest BCUT2D eigenvalue weighted by atomic mass is 10.1. The third kappa shape index (κ3) is 4.09. The molecule has 0 unspecified atom stereocenters. The van der Waals surface area contributed by atoms with E-state index in [0.29, 0.717) is 5.56 Å². The first kappa shape index (κ1) is 16.1. The predicted molar refractivity (Wildman–Crippen MR) is 89.1 cm³/mol. The molecule has 0 aliphatic rings. The van der Waals surface area contributed by atoms with E-state index in [-0.39, 0.29) is 12.5 Å². The van der Waals surface area contributed by atoms with Gasteiger partial charge in [-0.2, -0.15) is 0 Å². The molecule has 112 valence electrons. The summed E-state index contributed by atoms with van der Waals surface area (Å²) in [6.45, 7) is 3.96. The van der Waals surface area contributed by atoms with E-state index in [1.54, 1.807) is 18.7 Å². The molecule has 1 heterocycles. The smallest absolute Gasteiger partial charge is 0.252 e. The van der Waals surface area contributed by atoms with Crippen LogP contribution in [-0.2, 0) is 5.60 Å². The maximum atomic E-state index is 12.3. The van der Waals surface area contributed by atoms with Crippen LogP contribution in [0.2, 0.25) is 0 Å². The maximum Gasteiger partial charge on any atom is 0.252 e. The molecular formula is C16H19NO2S2. The Labute approximate surface area is 133 Å². The standard InChI is InChI=1S/C16H19NO2S2/c1-3-20-13-8-5-4-7-12(13)15(18)17-11-16(2,19)14-9-6-10-21-14/h4-10,19H,3,11H2,1-2H3,(H,17,18)/t16-/m1/s1. The summed E-state index contributed by atoms with van der Waals surface area (Å²) in [5, 5.41) is 15.2. The Bertz CT molecular complexity index is 594. The van der Waals surface area contributed by atoms with Crippen LogP contribution < -0.4 is 5.32 Å². The molecule has 1 aromatic carbocycles. The lowest BCUT2D eigenvalue weighted by Crippen LogP contribution is -2.38. The highest BCUT2D eigenvalue weighted by molar-refractivity contribution is 7.99. The average molecular weight is 321 g/mol. The molecule has 1 aromatic heterocycles. The van der Waals surface area contributed by atoms with Crippen molar-refractivity contribution in [3.05, 3.63) is 52.2 Å². The zero-order valence-electron chi connectivity index (χ0n) is 12.1. The number of hydrogen-bond acceptors (Lipinski definition) is 4. The number of thioether (sulfide) groups is 1. The van der Waals surface area contributed by atoms with Crippen LogP contribution in [0.1, 0.15) is 29.1 Å². The van der Waals surface area contributed by atoms with Gasteiger partial charge >= 0.3 is 0 Å². The van der Waals surface area contributed by atoms with Crippen LogP contribution in [0.25, 0.3) is 0 Å². The van der Waals surface area contributed by atoms with Crippen LogP contribution in [0.15, 0.2) is 46.7 Å². The molecular weight excluding hydrogens is 302 g/mol. The zero-order valence-corrected chi connectivity index (χ0v) is 13.8. The number of benzene rings is 1. The van der Waals surface area contributed by atoms with Crippen molar-refractivity contribution in [2.45, 2.75) is 24.3 Å². The summed E-state index contributed by atoms with van der Waals surface area (Å²) in [6.07, 6.45) is 0. The lowest BCUT2D eigenvalue weighted by Gasteiger charge is -2.22. The molecule has 0 bridgehead atoms. The monoisotopic (exact) mass is 321 g/mol. The summed E-state index contributed by atoms with van der Waals surface area (Å²) in [6, 6.07) is 11.3. The molecule has 0 radical (unpaired) electrons. The molecule has 2 rings (SSSR count). The van der Waals surface area contributed by atoms with Gasteiger partial charge in [-0.05, 0) is 36.3 Å². The first-order valence-electron chi connectivity index (χ1n) is 6.81. The van der Waals surface area contributed by atoms with Gasteiger partial charge in [0.2, 0.25) is 0 Å². The first-order valence-corrected chi connectivity index (χ1v) is 8.67. The third-order valence-corrected chi connectivity index (χ3v) is 5.16. The number of amides is 1. The SMILES string of the molecule is CCSc1ccccc1C(=O)NC[C@@](C)(O)c1cccs1. The Hall–Kier alpha value is -1.30. The van der Waals surface area contributed by atoms with E-state index in [0.717, 1.165) is 15.5 Å². The Kier molecular flexibility index (Phi) is 5.45. The fraction of sp³-hybridized carbons (Fsp3) is 0.312. The van der Waals surface area contributed by atoms with Crippen molar-refractivity contribution >= 4 is 29.0 Å².